The van der Waals surface area contributed by atoms with Crippen molar-refractivity contribution in [3.05, 3.63) is 29.6 Å². The molecule has 1 saturated heterocycles. The van der Waals surface area contributed by atoms with Crippen LogP contribution < -0.4 is 10.5 Å². The van der Waals surface area contributed by atoms with Crippen molar-refractivity contribution in [3.63, 3.8) is 0 Å². The molecular weight excluding hydrogens is 207 g/mol. The number of rotatable bonds is 3. The predicted molar refractivity (Wildman–Crippen MR) is 60.8 cm³/mol. The van der Waals surface area contributed by atoms with Crippen LogP contribution in [0.4, 0.5) is 4.39 Å². The zero-order valence-electron chi connectivity index (χ0n) is 9.66. The Kier molecular flexibility index (Phi) is 2.86. The van der Waals surface area contributed by atoms with E-state index < -0.39 is 0 Å². The Hall–Kier alpha value is -1.13. The van der Waals surface area contributed by atoms with Crippen LogP contribution >= 0.6 is 0 Å². The molecule has 0 radical (unpaired) electrons. The molecule has 0 aromatic heterocycles. The molecule has 0 saturated carbocycles. The number of ether oxygens (including phenoxy) is 1. The van der Waals surface area contributed by atoms with E-state index in [2.05, 4.69) is 4.90 Å². The van der Waals surface area contributed by atoms with Crippen molar-refractivity contribution in [1.29, 1.82) is 0 Å². The number of halogens is 1. The van der Waals surface area contributed by atoms with Crippen molar-refractivity contribution >= 4 is 0 Å². The van der Waals surface area contributed by atoms with Crippen LogP contribution in [0.1, 0.15) is 12.5 Å². The molecule has 3 nitrogen and oxygen atoms in total. The average Bonchev–Trinajstić information content (AvgIpc) is 2.18. The summed E-state index contributed by atoms with van der Waals surface area (Å²) in [6, 6.07) is 5.21. The topological polar surface area (TPSA) is 38.5 Å². The summed E-state index contributed by atoms with van der Waals surface area (Å²) >= 11 is 0. The van der Waals surface area contributed by atoms with Crippen LogP contribution in [0, 0.1) is 5.82 Å². The smallest absolute Gasteiger partial charge is 0.169 e. The minimum atomic E-state index is -0.268. The van der Waals surface area contributed by atoms with Crippen LogP contribution in [0.25, 0.3) is 0 Å². The average molecular weight is 224 g/mol. The monoisotopic (exact) mass is 224 g/mol. The minimum absolute atomic E-state index is 0.116. The lowest BCUT2D eigenvalue weighted by Gasteiger charge is -2.45. The highest BCUT2D eigenvalue weighted by Crippen LogP contribution is 2.25. The Morgan fingerprint density at radius 3 is 2.75 bits per heavy atom. The first-order valence-corrected chi connectivity index (χ1v) is 5.34. The van der Waals surface area contributed by atoms with Crippen LogP contribution in [-0.4, -0.2) is 30.6 Å². The molecule has 0 bridgehead atoms. The Bertz CT molecular complexity index is 385. The Morgan fingerprint density at radius 2 is 2.19 bits per heavy atom. The standard InChI is InChI=1S/C12H17FN2O/c1-12(14)7-15(8-12)6-9-4-3-5-10(16-2)11(9)13/h3-5H,6-8,14H2,1-2H3. The van der Waals surface area contributed by atoms with E-state index in [4.69, 9.17) is 10.5 Å². The Balaban J connectivity index is 2.05. The first-order chi connectivity index (χ1) is 7.52. The number of nitrogens with zero attached hydrogens (tertiary/aromatic N) is 1. The summed E-state index contributed by atoms with van der Waals surface area (Å²) in [5.74, 6) is 0.0316. The zero-order valence-corrected chi connectivity index (χ0v) is 9.66. The number of hydrogen-bond donors (Lipinski definition) is 1. The minimum Gasteiger partial charge on any atom is -0.494 e. The van der Waals surface area contributed by atoms with Gasteiger partial charge in [0, 0.05) is 30.7 Å². The van der Waals surface area contributed by atoms with Crippen LogP contribution in [0.15, 0.2) is 18.2 Å². The Labute approximate surface area is 95.0 Å². The quantitative estimate of drug-likeness (QED) is 0.842. The van der Waals surface area contributed by atoms with Crippen molar-refractivity contribution in [2.45, 2.75) is 19.0 Å². The highest BCUT2D eigenvalue weighted by Gasteiger charge is 2.34. The molecule has 2 N–H and O–H groups in total. The number of nitrogens with two attached hydrogens (primary N) is 1. The molecular formula is C12H17FN2O. The molecule has 16 heavy (non-hydrogen) atoms. The summed E-state index contributed by atoms with van der Waals surface area (Å²) in [5.41, 5.74) is 6.45. The van der Waals surface area contributed by atoms with E-state index in [1.807, 2.05) is 6.92 Å². The first-order valence-electron chi connectivity index (χ1n) is 5.34. The van der Waals surface area contributed by atoms with Gasteiger partial charge in [0.05, 0.1) is 7.11 Å². The molecule has 1 aliphatic rings. The second-order valence-electron chi connectivity index (χ2n) is 4.73. The highest BCUT2D eigenvalue weighted by atomic mass is 19.1. The van der Waals surface area contributed by atoms with Gasteiger partial charge >= 0.3 is 0 Å². The Morgan fingerprint density at radius 1 is 1.50 bits per heavy atom. The van der Waals surface area contributed by atoms with E-state index in [9.17, 15) is 4.39 Å². The molecule has 4 heteroatoms. The molecule has 1 aromatic rings. The summed E-state index contributed by atoms with van der Waals surface area (Å²) in [6.45, 7) is 4.22. The van der Waals surface area contributed by atoms with Gasteiger partial charge in [-0.1, -0.05) is 12.1 Å². The summed E-state index contributed by atoms with van der Waals surface area (Å²) in [7, 11) is 1.47. The van der Waals surface area contributed by atoms with Gasteiger partial charge in [-0.15, -0.1) is 0 Å². The normalized spacial score (nSPS) is 19.2. The predicted octanol–water partition coefficient (Wildman–Crippen LogP) is 1.37. The SMILES string of the molecule is COc1cccc(CN2CC(C)(N)C2)c1F. The van der Waals surface area contributed by atoms with E-state index in [1.54, 1.807) is 18.2 Å². The summed E-state index contributed by atoms with van der Waals surface area (Å²) in [5, 5.41) is 0. The van der Waals surface area contributed by atoms with Gasteiger partial charge in [-0.3, -0.25) is 4.90 Å². The molecule has 0 unspecified atom stereocenters. The van der Waals surface area contributed by atoms with Crippen LogP contribution in [0.2, 0.25) is 0 Å². The third kappa shape index (κ3) is 2.18. The van der Waals surface area contributed by atoms with Gasteiger partial charge < -0.3 is 10.5 Å². The van der Waals surface area contributed by atoms with Crippen LogP contribution in [-0.2, 0) is 6.54 Å². The van der Waals surface area contributed by atoms with Gasteiger partial charge in [0.1, 0.15) is 0 Å². The largest absolute Gasteiger partial charge is 0.494 e. The second-order valence-corrected chi connectivity index (χ2v) is 4.73. The summed E-state index contributed by atoms with van der Waals surface area (Å²) in [4.78, 5) is 2.12. The lowest BCUT2D eigenvalue weighted by atomic mass is 9.93. The molecule has 0 amide bonds. The highest BCUT2D eigenvalue weighted by molar-refractivity contribution is 5.31. The van der Waals surface area contributed by atoms with Gasteiger partial charge in [0.25, 0.3) is 0 Å². The van der Waals surface area contributed by atoms with Crippen LogP contribution in [0.3, 0.4) is 0 Å². The third-order valence-corrected chi connectivity index (χ3v) is 2.83. The lowest BCUT2D eigenvalue weighted by Crippen LogP contribution is -2.64. The molecule has 2 rings (SSSR count). The molecule has 0 aliphatic carbocycles. The number of hydrogen-bond acceptors (Lipinski definition) is 3. The number of likely N-dealkylation sites (tertiary alicyclic amines) is 1. The van der Waals surface area contributed by atoms with Crippen molar-refractivity contribution in [2.24, 2.45) is 5.73 Å². The molecule has 0 spiro atoms. The fourth-order valence-corrected chi connectivity index (χ4v) is 2.16. The number of methoxy groups -OCH3 is 1. The van der Waals surface area contributed by atoms with Crippen molar-refractivity contribution in [1.82, 2.24) is 4.90 Å². The van der Waals surface area contributed by atoms with Gasteiger partial charge in [0.15, 0.2) is 11.6 Å². The lowest BCUT2D eigenvalue weighted by molar-refractivity contribution is 0.0751. The first kappa shape index (κ1) is 11.4. The van der Waals surface area contributed by atoms with Crippen molar-refractivity contribution in [2.75, 3.05) is 20.2 Å². The van der Waals surface area contributed by atoms with E-state index in [1.165, 1.54) is 7.11 Å². The van der Waals surface area contributed by atoms with E-state index in [0.29, 0.717) is 17.9 Å². The van der Waals surface area contributed by atoms with Crippen molar-refractivity contribution in [3.8, 4) is 5.75 Å². The maximum atomic E-state index is 13.8. The van der Waals surface area contributed by atoms with Crippen LogP contribution in [0.5, 0.6) is 5.75 Å². The molecule has 88 valence electrons. The van der Waals surface area contributed by atoms with Gasteiger partial charge in [-0.2, -0.15) is 0 Å². The van der Waals surface area contributed by atoms with E-state index >= 15 is 0 Å². The summed E-state index contributed by atoms with van der Waals surface area (Å²) in [6.07, 6.45) is 0. The summed E-state index contributed by atoms with van der Waals surface area (Å²) < 4.78 is 18.7. The maximum absolute atomic E-state index is 13.8. The molecule has 1 aromatic carbocycles. The molecule has 1 heterocycles. The maximum Gasteiger partial charge on any atom is 0.169 e. The molecule has 0 atom stereocenters. The van der Waals surface area contributed by atoms with Gasteiger partial charge in [-0.25, -0.2) is 4.39 Å². The zero-order chi connectivity index (χ0) is 11.8. The molecule has 1 aliphatic heterocycles. The van der Waals surface area contributed by atoms with E-state index in [-0.39, 0.29) is 11.4 Å². The van der Waals surface area contributed by atoms with Gasteiger partial charge in [-0.05, 0) is 13.0 Å². The second kappa shape index (κ2) is 4.03. The fourth-order valence-electron chi connectivity index (χ4n) is 2.16. The van der Waals surface area contributed by atoms with E-state index in [0.717, 1.165) is 13.1 Å². The van der Waals surface area contributed by atoms with Gasteiger partial charge in [0.2, 0.25) is 0 Å². The fraction of sp³-hybridized carbons (Fsp3) is 0.500. The van der Waals surface area contributed by atoms with Crippen molar-refractivity contribution < 1.29 is 9.13 Å². The molecule has 1 fully saturated rings. The third-order valence-electron chi connectivity index (χ3n) is 2.83. The number of benzene rings is 1.